The van der Waals surface area contributed by atoms with Gasteiger partial charge in [0.2, 0.25) is 0 Å². The van der Waals surface area contributed by atoms with Crippen LogP contribution in [0.25, 0.3) is 0 Å². The van der Waals surface area contributed by atoms with E-state index >= 15 is 0 Å². The van der Waals surface area contributed by atoms with Crippen LogP contribution in [0.15, 0.2) is 29.3 Å². The SMILES string of the molecule is CCNC(=NCc1ccccc1CN(C)C)NC1CCCCC1.I. The molecule has 0 aliphatic heterocycles. The molecule has 0 spiro atoms. The predicted molar refractivity (Wildman–Crippen MR) is 114 cm³/mol. The van der Waals surface area contributed by atoms with E-state index in [1.165, 1.54) is 43.2 Å². The highest BCUT2D eigenvalue weighted by Crippen LogP contribution is 2.17. The molecule has 0 saturated heterocycles. The van der Waals surface area contributed by atoms with Crippen LogP contribution < -0.4 is 10.6 Å². The van der Waals surface area contributed by atoms with Gasteiger partial charge in [0.1, 0.15) is 0 Å². The summed E-state index contributed by atoms with van der Waals surface area (Å²) in [6.45, 7) is 4.71. The van der Waals surface area contributed by atoms with E-state index in [1.54, 1.807) is 0 Å². The summed E-state index contributed by atoms with van der Waals surface area (Å²) >= 11 is 0. The Morgan fingerprint density at radius 2 is 1.79 bits per heavy atom. The highest BCUT2D eigenvalue weighted by atomic mass is 127. The molecule has 2 rings (SSSR count). The molecule has 1 fully saturated rings. The zero-order chi connectivity index (χ0) is 16.5. The van der Waals surface area contributed by atoms with Gasteiger partial charge in [-0.2, -0.15) is 0 Å². The van der Waals surface area contributed by atoms with E-state index in [2.05, 4.69) is 60.8 Å². The summed E-state index contributed by atoms with van der Waals surface area (Å²) in [5, 5.41) is 7.00. The average molecular weight is 444 g/mol. The van der Waals surface area contributed by atoms with Gasteiger partial charge in [0.25, 0.3) is 0 Å². The minimum Gasteiger partial charge on any atom is -0.357 e. The number of benzene rings is 1. The molecule has 136 valence electrons. The maximum Gasteiger partial charge on any atom is 0.191 e. The summed E-state index contributed by atoms with van der Waals surface area (Å²) < 4.78 is 0. The third kappa shape index (κ3) is 7.38. The standard InChI is InChI=1S/C19H32N4.HI/c1-4-20-19(22-18-12-6-5-7-13-18)21-14-16-10-8-9-11-17(16)15-23(2)3;/h8-11,18H,4-7,12-15H2,1-3H3,(H2,20,21,22);1H. The van der Waals surface area contributed by atoms with Gasteiger partial charge in [-0.15, -0.1) is 24.0 Å². The first kappa shape index (κ1) is 21.2. The van der Waals surface area contributed by atoms with Crippen LogP contribution >= 0.6 is 24.0 Å². The molecule has 0 amide bonds. The normalized spacial score (nSPS) is 15.9. The van der Waals surface area contributed by atoms with Crippen molar-refractivity contribution in [3.8, 4) is 0 Å². The molecule has 4 nitrogen and oxygen atoms in total. The third-order valence-electron chi connectivity index (χ3n) is 4.30. The van der Waals surface area contributed by atoms with Crippen LogP contribution in [0.4, 0.5) is 0 Å². The average Bonchev–Trinajstić information content (AvgIpc) is 2.54. The van der Waals surface area contributed by atoms with Crippen LogP contribution in [-0.2, 0) is 13.1 Å². The van der Waals surface area contributed by atoms with Crippen LogP contribution in [0.1, 0.15) is 50.2 Å². The van der Waals surface area contributed by atoms with Crippen LogP contribution in [0, 0.1) is 0 Å². The van der Waals surface area contributed by atoms with Gasteiger partial charge in [-0.3, -0.25) is 0 Å². The van der Waals surface area contributed by atoms with E-state index in [-0.39, 0.29) is 24.0 Å². The monoisotopic (exact) mass is 444 g/mol. The topological polar surface area (TPSA) is 39.7 Å². The highest BCUT2D eigenvalue weighted by Gasteiger charge is 2.14. The molecule has 0 aromatic heterocycles. The van der Waals surface area contributed by atoms with Crippen LogP contribution in [0.3, 0.4) is 0 Å². The second-order valence-electron chi connectivity index (χ2n) is 6.68. The molecule has 0 unspecified atom stereocenters. The molecule has 0 heterocycles. The van der Waals surface area contributed by atoms with Crippen molar-refractivity contribution in [3.63, 3.8) is 0 Å². The van der Waals surface area contributed by atoms with Crippen molar-refractivity contribution in [1.82, 2.24) is 15.5 Å². The summed E-state index contributed by atoms with van der Waals surface area (Å²) in [5.74, 6) is 0.957. The molecular formula is C19H33IN4. The molecule has 0 atom stereocenters. The molecule has 1 aliphatic carbocycles. The fraction of sp³-hybridized carbons (Fsp3) is 0.632. The van der Waals surface area contributed by atoms with Gasteiger partial charge in [-0.1, -0.05) is 43.5 Å². The minimum absolute atomic E-state index is 0. The maximum atomic E-state index is 4.82. The summed E-state index contributed by atoms with van der Waals surface area (Å²) in [6, 6.07) is 9.18. The van der Waals surface area contributed by atoms with E-state index in [1.807, 2.05) is 0 Å². The fourth-order valence-corrected chi connectivity index (χ4v) is 3.13. The van der Waals surface area contributed by atoms with Gasteiger partial charge in [-0.25, -0.2) is 4.99 Å². The van der Waals surface area contributed by atoms with Gasteiger partial charge in [0.15, 0.2) is 5.96 Å². The first-order valence-electron chi connectivity index (χ1n) is 8.95. The van der Waals surface area contributed by atoms with Crippen LogP contribution in [-0.4, -0.2) is 37.5 Å². The number of halogens is 1. The Balaban J connectivity index is 0.00000288. The number of aliphatic imine (C=N–C) groups is 1. The quantitative estimate of drug-likeness (QED) is 0.399. The highest BCUT2D eigenvalue weighted by molar-refractivity contribution is 14.0. The van der Waals surface area contributed by atoms with Gasteiger partial charge in [-0.05, 0) is 45.0 Å². The number of nitrogens with one attached hydrogen (secondary N) is 2. The Morgan fingerprint density at radius 1 is 1.12 bits per heavy atom. The number of nitrogens with zero attached hydrogens (tertiary/aromatic N) is 2. The van der Waals surface area contributed by atoms with Crippen molar-refractivity contribution < 1.29 is 0 Å². The van der Waals surface area contributed by atoms with Crippen molar-refractivity contribution in [1.29, 1.82) is 0 Å². The Bertz CT molecular complexity index is 496. The molecule has 1 aromatic carbocycles. The van der Waals surface area contributed by atoms with Crippen LogP contribution in [0.2, 0.25) is 0 Å². The second-order valence-corrected chi connectivity index (χ2v) is 6.68. The van der Waals surface area contributed by atoms with Crippen LogP contribution in [0.5, 0.6) is 0 Å². The number of guanidine groups is 1. The number of rotatable bonds is 6. The van der Waals surface area contributed by atoms with Crippen molar-refractivity contribution in [2.45, 2.75) is 58.2 Å². The van der Waals surface area contributed by atoms with E-state index in [9.17, 15) is 0 Å². The lowest BCUT2D eigenvalue weighted by Gasteiger charge is -2.25. The van der Waals surface area contributed by atoms with Crippen molar-refractivity contribution in [3.05, 3.63) is 35.4 Å². The molecule has 5 heteroatoms. The molecule has 0 radical (unpaired) electrons. The van der Waals surface area contributed by atoms with E-state index in [0.29, 0.717) is 6.04 Å². The van der Waals surface area contributed by atoms with E-state index in [4.69, 9.17) is 4.99 Å². The molecule has 1 aliphatic rings. The summed E-state index contributed by atoms with van der Waals surface area (Å²) in [6.07, 6.45) is 6.58. The van der Waals surface area contributed by atoms with Gasteiger partial charge < -0.3 is 15.5 Å². The first-order valence-corrected chi connectivity index (χ1v) is 8.95. The number of hydrogen-bond donors (Lipinski definition) is 2. The smallest absolute Gasteiger partial charge is 0.191 e. The molecule has 24 heavy (non-hydrogen) atoms. The zero-order valence-corrected chi connectivity index (χ0v) is 17.7. The fourth-order valence-electron chi connectivity index (χ4n) is 3.13. The lowest BCUT2D eigenvalue weighted by atomic mass is 9.96. The molecule has 2 N–H and O–H groups in total. The van der Waals surface area contributed by atoms with Crippen molar-refractivity contribution >= 4 is 29.9 Å². The van der Waals surface area contributed by atoms with Crippen molar-refractivity contribution in [2.24, 2.45) is 4.99 Å². The van der Waals surface area contributed by atoms with Crippen molar-refractivity contribution in [2.75, 3.05) is 20.6 Å². The van der Waals surface area contributed by atoms with Gasteiger partial charge in [0.05, 0.1) is 6.54 Å². The van der Waals surface area contributed by atoms with Gasteiger partial charge in [0, 0.05) is 19.1 Å². The first-order chi connectivity index (χ1) is 11.2. The van der Waals surface area contributed by atoms with Gasteiger partial charge >= 0.3 is 0 Å². The third-order valence-corrected chi connectivity index (χ3v) is 4.30. The molecular weight excluding hydrogens is 411 g/mol. The second kappa shape index (κ2) is 11.7. The number of hydrogen-bond acceptors (Lipinski definition) is 2. The lowest BCUT2D eigenvalue weighted by Crippen LogP contribution is -2.44. The molecule has 1 saturated carbocycles. The van der Waals surface area contributed by atoms with E-state index in [0.717, 1.165) is 25.6 Å². The Morgan fingerprint density at radius 3 is 2.42 bits per heavy atom. The maximum absolute atomic E-state index is 4.82. The van der Waals surface area contributed by atoms with E-state index < -0.39 is 0 Å². The summed E-state index contributed by atoms with van der Waals surface area (Å²) in [7, 11) is 4.21. The Labute approximate surface area is 164 Å². The lowest BCUT2D eigenvalue weighted by molar-refractivity contribution is 0.401. The zero-order valence-electron chi connectivity index (χ0n) is 15.3. The summed E-state index contributed by atoms with van der Waals surface area (Å²) in [4.78, 5) is 7.02. The Hall–Kier alpha value is -0.820. The molecule has 0 bridgehead atoms. The predicted octanol–water partition coefficient (Wildman–Crippen LogP) is 3.75. The Kier molecular flexibility index (Phi) is 10.3. The summed E-state index contributed by atoms with van der Waals surface area (Å²) in [5.41, 5.74) is 2.66. The largest absolute Gasteiger partial charge is 0.357 e. The minimum atomic E-state index is 0. The molecule has 1 aromatic rings.